The predicted molar refractivity (Wildman–Crippen MR) is 158 cm³/mol. The smallest absolute Gasteiger partial charge is 0.406 e. The van der Waals surface area contributed by atoms with Gasteiger partial charge in [-0.25, -0.2) is 4.79 Å². The lowest BCUT2D eigenvalue weighted by molar-refractivity contribution is 0.0603. The quantitative estimate of drug-likeness (QED) is 0.332. The minimum Gasteiger partial charge on any atom is -0.547 e. The molecule has 1 aliphatic rings. The van der Waals surface area contributed by atoms with Gasteiger partial charge in [0, 0.05) is 16.6 Å². The summed E-state index contributed by atoms with van der Waals surface area (Å²) < 4.78 is 15.8. The second-order valence-corrected chi connectivity index (χ2v) is 24.5. The van der Waals surface area contributed by atoms with Gasteiger partial charge < -0.3 is 13.7 Å². The number of ether oxygens (including phenoxy) is 1. The van der Waals surface area contributed by atoms with Crippen LogP contribution in [-0.4, -0.2) is 28.2 Å². The number of amides is 1. The van der Waals surface area contributed by atoms with E-state index in [0.717, 1.165) is 35.2 Å². The second kappa shape index (κ2) is 10.0. The maximum absolute atomic E-state index is 13.8. The maximum atomic E-state index is 13.8. The number of halogens is 1. The third kappa shape index (κ3) is 6.83. The van der Waals surface area contributed by atoms with Crippen molar-refractivity contribution in [2.45, 2.75) is 123 Å². The van der Waals surface area contributed by atoms with E-state index in [1.165, 1.54) is 11.1 Å². The number of hydrogen-bond donors (Lipinski definition) is 0. The highest BCUT2D eigenvalue weighted by Crippen LogP contribution is 2.45. The summed E-state index contributed by atoms with van der Waals surface area (Å²) in [6.45, 7) is 28.5. The fourth-order valence-corrected chi connectivity index (χ4v) is 7.47. The molecule has 0 heterocycles. The average molecular weight is 583 g/mol. The highest BCUT2D eigenvalue weighted by molar-refractivity contribution is 9.10. The van der Waals surface area contributed by atoms with Gasteiger partial charge in [-0.3, -0.25) is 0 Å². The molecule has 0 unspecified atom stereocenters. The summed E-state index contributed by atoms with van der Waals surface area (Å²) in [5.41, 5.74) is 2.88. The molecule has 1 aromatic rings. The van der Waals surface area contributed by atoms with Crippen LogP contribution in [0.4, 0.5) is 10.5 Å². The Morgan fingerprint density at radius 3 is 1.94 bits per heavy atom. The zero-order chi connectivity index (χ0) is 27.2. The summed E-state index contributed by atoms with van der Waals surface area (Å²) >= 11 is 3.81. The molecule has 1 aromatic carbocycles. The number of rotatable bonds is 4. The number of nitrogens with zero attached hydrogens (tertiary/aromatic N) is 1. The zero-order valence-corrected chi connectivity index (χ0v) is 28.0. The van der Waals surface area contributed by atoms with Crippen LogP contribution in [0.25, 0.3) is 0 Å². The first-order valence-corrected chi connectivity index (χ1v) is 19.4. The number of carbonyl (C=O) groups excluding carboxylic acids is 1. The summed E-state index contributed by atoms with van der Waals surface area (Å²) in [5.74, 6) is 1.08. The number of carbonyl (C=O) groups is 1. The summed E-state index contributed by atoms with van der Waals surface area (Å²) in [7, 11) is -4.24. The van der Waals surface area contributed by atoms with Crippen LogP contribution in [0.2, 0.25) is 36.3 Å². The lowest BCUT2D eigenvalue weighted by atomic mass is 10.0. The van der Waals surface area contributed by atoms with Crippen molar-refractivity contribution in [3.63, 3.8) is 0 Å². The number of benzene rings is 1. The van der Waals surface area contributed by atoms with E-state index >= 15 is 0 Å². The standard InChI is InChI=1S/C28H48BrNO3Si2/c1-26(2,3)32-25(31)30(34(10,11)27(4,5)6)24-19-18-23(29)21-16-14-20(15-17-22(21)24)33-35(12,13)28(7,8)9/h15,18-19H,14,16-17H2,1-13H3. The molecule has 2 rings (SSSR count). The molecule has 35 heavy (non-hydrogen) atoms. The Kier molecular flexibility index (Phi) is 8.63. The largest absolute Gasteiger partial charge is 0.547 e. The van der Waals surface area contributed by atoms with Crippen LogP contribution in [0.1, 0.15) is 79.9 Å². The van der Waals surface area contributed by atoms with Crippen molar-refractivity contribution in [2.75, 3.05) is 4.57 Å². The van der Waals surface area contributed by atoms with Gasteiger partial charge in [0.25, 0.3) is 0 Å². The normalized spacial score (nSPS) is 15.7. The predicted octanol–water partition coefficient (Wildman–Crippen LogP) is 9.59. The third-order valence-electron chi connectivity index (χ3n) is 7.91. The van der Waals surface area contributed by atoms with Crippen molar-refractivity contribution in [2.24, 2.45) is 0 Å². The molecular weight excluding hydrogens is 534 g/mol. The Morgan fingerprint density at radius 1 is 0.886 bits per heavy atom. The molecule has 198 valence electrons. The van der Waals surface area contributed by atoms with Crippen LogP contribution in [0.3, 0.4) is 0 Å². The Labute approximate surface area is 225 Å². The van der Waals surface area contributed by atoms with Gasteiger partial charge in [0.1, 0.15) is 5.60 Å². The van der Waals surface area contributed by atoms with Crippen molar-refractivity contribution in [1.29, 1.82) is 0 Å². The van der Waals surface area contributed by atoms with Gasteiger partial charge in [-0.05, 0) is 86.1 Å². The van der Waals surface area contributed by atoms with E-state index in [0.29, 0.717) is 0 Å². The Balaban J connectivity index is 2.63. The van der Waals surface area contributed by atoms with E-state index in [1.54, 1.807) is 0 Å². The van der Waals surface area contributed by atoms with Crippen molar-refractivity contribution >= 4 is 44.3 Å². The lowest BCUT2D eigenvalue weighted by Crippen LogP contribution is -2.59. The SMILES string of the molecule is CC(C)(C)OC(=O)N(c1ccc(Br)c2c1CC=C(O[Si](C)(C)C(C)(C)C)CC2)[Si](C)(C)C(C)(C)C. The molecule has 0 aliphatic heterocycles. The van der Waals surface area contributed by atoms with Crippen LogP contribution in [-0.2, 0) is 22.0 Å². The molecule has 0 atom stereocenters. The first-order chi connectivity index (χ1) is 15.6. The van der Waals surface area contributed by atoms with Crippen molar-refractivity contribution in [3.8, 4) is 0 Å². The minimum atomic E-state index is -2.31. The molecule has 1 amide bonds. The molecule has 0 fully saturated rings. The first-order valence-electron chi connectivity index (χ1n) is 12.8. The molecule has 0 radical (unpaired) electrons. The van der Waals surface area contributed by atoms with Gasteiger partial charge in [0.05, 0.1) is 5.76 Å². The van der Waals surface area contributed by atoms with Crippen molar-refractivity contribution in [3.05, 3.63) is 39.6 Å². The lowest BCUT2D eigenvalue weighted by Gasteiger charge is -2.46. The summed E-state index contributed by atoms with van der Waals surface area (Å²) in [5, 5.41) is 0.107. The molecule has 0 bridgehead atoms. The fourth-order valence-electron chi connectivity index (χ4n) is 3.77. The van der Waals surface area contributed by atoms with E-state index in [1.807, 2.05) is 25.3 Å². The number of anilines is 1. The minimum absolute atomic E-state index is 0.0406. The van der Waals surface area contributed by atoms with Crippen molar-refractivity contribution in [1.82, 2.24) is 0 Å². The summed E-state index contributed by atoms with van der Waals surface area (Å²) in [6, 6.07) is 4.19. The average Bonchev–Trinajstić information content (AvgIpc) is 2.83. The molecule has 0 N–H and O–H groups in total. The van der Waals surface area contributed by atoms with E-state index in [2.05, 4.69) is 102 Å². The molecule has 0 saturated heterocycles. The third-order valence-corrected chi connectivity index (χ3v) is 18.2. The molecular formula is C28H48BrNO3Si2. The fraction of sp³-hybridized carbons (Fsp3) is 0.679. The van der Waals surface area contributed by atoms with Gasteiger partial charge >= 0.3 is 6.09 Å². The number of allylic oxidation sites excluding steroid dienone is 2. The van der Waals surface area contributed by atoms with Gasteiger partial charge in [0.2, 0.25) is 8.32 Å². The van der Waals surface area contributed by atoms with Crippen LogP contribution < -0.4 is 4.57 Å². The maximum Gasteiger partial charge on any atom is 0.406 e. The summed E-state index contributed by atoms with van der Waals surface area (Å²) in [4.78, 5) is 13.8. The number of fused-ring (bicyclic) bond motifs is 1. The van der Waals surface area contributed by atoms with E-state index in [9.17, 15) is 4.79 Å². The van der Waals surface area contributed by atoms with Gasteiger partial charge in [-0.1, -0.05) is 70.6 Å². The Hall–Kier alpha value is -1.06. The molecule has 0 saturated carbocycles. The Morgan fingerprint density at radius 2 is 1.46 bits per heavy atom. The Bertz CT molecular complexity index is 980. The van der Waals surface area contributed by atoms with E-state index < -0.39 is 22.2 Å². The first kappa shape index (κ1) is 30.2. The van der Waals surface area contributed by atoms with Gasteiger partial charge in [-0.15, -0.1) is 0 Å². The molecule has 0 aromatic heterocycles. The topological polar surface area (TPSA) is 38.8 Å². The second-order valence-electron chi connectivity index (χ2n) is 13.9. The van der Waals surface area contributed by atoms with Crippen molar-refractivity contribution < 1.29 is 14.0 Å². The zero-order valence-electron chi connectivity index (χ0n) is 24.4. The highest BCUT2D eigenvalue weighted by atomic mass is 79.9. The molecule has 1 aliphatic carbocycles. The van der Waals surface area contributed by atoms with E-state index in [4.69, 9.17) is 9.16 Å². The number of hydrogen-bond acceptors (Lipinski definition) is 3. The molecule has 7 heteroatoms. The van der Waals surface area contributed by atoms with Crippen LogP contribution in [0.15, 0.2) is 28.4 Å². The van der Waals surface area contributed by atoms with Crippen LogP contribution >= 0.6 is 15.9 Å². The summed E-state index contributed by atoms with van der Waals surface area (Å²) in [6.07, 6.45) is 4.49. The highest BCUT2D eigenvalue weighted by Gasteiger charge is 2.47. The van der Waals surface area contributed by atoms with Gasteiger partial charge in [-0.2, -0.15) is 0 Å². The molecule has 4 nitrogen and oxygen atoms in total. The van der Waals surface area contributed by atoms with E-state index in [-0.39, 0.29) is 16.2 Å². The molecule has 0 spiro atoms. The van der Waals surface area contributed by atoms with Crippen LogP contribution in [0.5, 0.6) is 0 Å². The monoisotopic (exact) mass is 581 g/mol. The van der Waals surface area contributed by atoms with Gasteiger partial charge in [0.15, 0.2) is 8.24 Å². The van der Waals surface area contributed by atoms with Crippen LogP contribution in [0, 0.1) is 0 Å².